The van der Waals surface area contributed by atoms with Gasteiger partial charge in [-0.15, -0.1) is 0 Å². The molecule has 0 spiro atoms. The van der Waals surface area contributed by atoms with Crippen molar-refractivity contribution in [1.29, 1.82) is 0 Å². The molecule has 1 unspecified atom stereocenters. The fourth-order valence-corrected chi connectivity index (χ4v) is 4.45. The summed E-state index contributed by atoms with van der Waals surface area (Å²) in [4.78, 5) is 15.1. The second kappa shape index (κ2) is 8.19. The van der Waals surface area contributed by atoms with Crippen LogP contribution in [0.4, 0.5) is 0 Å². The second-order valence-corrected chi connectivity index (χ2v) is 8.66. The minimum absolute atomic E-state index is 0.0384. The van der Waals surface area contributed by atoms with Crippen LogP contribution >= 0.6 is 0 Å². The number of hydrogen-bond acceptors (Lipinski definition) is 5. The summed E-state index contributed by atoms with van der Waals surface area (Å²) in [6, 6.07) is 12.0. The number of nitrogens with zero attached hydrogens (tertiary/aromatic N) is 1. The molecule has 0 fully saturated rings. The number of para-hydroxylation sites is 1. The zero-order chi connectivity index (χ0) is 21.3. The van der Waals surface area contributed by atoms with Gasteiger partial charge in [0.05, 0.1) is 26.8 Å². The molecule has 0 radical (unpaired) electrons. The van der Waals surface area contributed by atoms with E-state index in [1.54, 1.807) is 14.2 Å². The number of benzene rings is 2. The SMILES string of the molecule is COc1cc2c(cc1OC)CN(CC(=O)NC1CC(C)(C)Oc3ccccc31)CC2. The zero-order valence-corrected chi connectivity index (χ0v) is 18.2. The quantitative estimate of drug-likeness (QED) is 0.818. The van der Waals surface area contributed by atoms with Crippen molar-refractivity contribution in [1.82, 2.24) is 10.2 Å². The molecule has 2 aliphatic rings. The lowest BCUT2D eigenvalue weighted by molar-refractivity contribution is -0.123. The fraction of sp³-hybridized carbons (Fsp3) is 0.458. The van der Waals surface area contributed by atoms with Crippen LogP contribution in [0.1, 0.15) is 43.0 Å². The predicted molar refractivity (Wildman–Crippen MR) is 115 cm³/mol. The summed E-state index contributed by atoms with van der Waals surface area (Å²) < 4.78 is 16.9. The Labute approximate surface area is 178 Å². The van der Waals surface area contributed by atoms with E-state index < -0.39 is 0 Å². The number of carbonyl (C=O) groups is 1. The van der Waals surface area contributed by atoms with Crippen molar-refractivity contribution < 1.29 is 19.0 Å². The molecule has 30 heavy (non-hydrogen) atoms. The average molecular weight is 411 g/mol. The van der Waals surface area contributed by atoms with Crippen molar-refractivity contribution in [3.05, 3.63) is 53.1 Å². The predicted octanol–water partition coefficient (Wildman–Crippen LogP) is 3.48. The fourth-order valence-electron chi connectivity index (χ4n) is 4.45. The maximum absolute atomic E-state index is 12.9. The van der Waals surface area contributed by atoms with Crippen LogP contribution in [0.25, 0.3) is 0 Å². The van der Waals surface area contributed by atoms with Gasteiger partial charge < -0.3 is 19.5 Å². The van der Waals surface area contributed by atoms with E-state index in [2.05, 4.69) is 24.1 Å². The van der Waals surface area contributed by atoms with E-state index in [9.17, 15) is 4.79 Å². The highest BCUT2D eigenvalue weighted by Crippen LogP contribution is 2.39. The van der Waals surface area contributed by atoms with Gasteiger partial charge in [0.1, 0.15) is 11.4 Å². The zero-order valence-electron chi connectivity index (χ0n) is 18.2. The summed E-state index contributed by atoms with van der Waals surface area (Å²) in [6.07, 6.45) is 1.63. The number of carbonyl (C=O) groups excluding carboxylic acids is 1. The molecule has 2 heterocycles. The van der Waals surface area contributed by atoms with Crippen molar-refractivity contribution in [2.24, 2.45) is 0 Å². The molecular formula is C24H30N2O4. The first-order valence-electron chi connectivity index (χ1n) is 10.4. The lowest BCUT2D eigenvalue weighted by Gasteiger charge is -2.38. The monoisotopic (exact) mass is 410 g/mol. The van der Waals surface area contributed by atoms with Crippen LogP contribution in [-0.4, -0.2) is 43.7 Å². The van der Waals surface area contributed by atoms with Crippen molar-refractivity contribution in [3.8, 4) is 17.2 Å². The first-order chi connectivity index (χ1) is 14.4. The lowest BCUT2D eigenvalue weighted by atomic mass is 9.89. The van der Waals surface area contributed by atoms with Crippen molar-refractivity contribution in [2.75, 3.05) is 27.3 Å². The summed E-state index contributed by atoms with van der Waals surface area (Å²) in [6.45, 7) is 6.05. The third-order valence-electron chi connectivity index (χ3n) is 5.88. The number of nitrogens with one attached hydrogen (secondary N) is 1. The maximum Gasteiger partial charge on any atom is 0.234 e. The van der Waals surface area contributed by atoms with Gasteiger partial charge in [-0.2, -0.15) is 0 Å². The van der Waals surface area contributed by atoms with Crippen molar-refractivity contribution >= 4 is 5.91 Å². The Kier molecular flexibility index (Phi) is 5.60. The standard InChI is InChI=1S/C24H30N2O4/c1-24(2)13-19(18-7-5-6-8-20(18)30-24)25-23(27)15-26-10-9-16-11-21(28-3)22(29-4)12-17(16)14-26/h5-8,11-12,19H,9-10,13-15H2,1-4H3,(H,25,27). The van der Waals surface area contributed by atoms with Gasteiger partial charge >= 0.3 is 0 Å². The molecule has 1 atom stereocenters. The topological polar surface area (TPSA) is 60.0 Å². The van der Waals surface area contributed by atoms with Crippen LogP contribution < -0.4 is 19.5 Å². The lowest BCUT2D eigenvalue weighted by Crippen LogP contribution is -2.45. The third kappa shape index (κ3) is 4.24. The van der Waals surface area contributed by atoms with Gasteiger partial charge in [-0.1, -0.05) is 18.2 Å². The molecule has 0 bridgehead atoms. The molecule has 0 saturated heterocycles. The molecule has 0 saturated carbocycles. The number of amides is 1. The summed E-state index contributed by atoms with van der Waals surface area (Å²) in [5.74, 6) is 2.37. The molecule has 1 N–H and O–H groups in total. The van der Waals surface area contributed by atoms with E-state index in [1.807, 2.05) is 36.4 Å². The molecule has 160 valence electrons. The van der Waals surface area contributed by atoms with E-state index >= 15 is 0 Å². The van der Waals surface area contributed by atoms with E-state index in [0.717, 1.165) is 48.7 Å². The third-order valence-corrected chi connectivity index (χ3v) is 5.88. The van der Waals surface area contributed by atoms with E-state index in [0.29, 0.717) is 6.54 Å². The summed E-state index contributed by atoms with van der Waals surface area (Å²) in [5.41, 5.74) is 3.17. The minimum Gasteiger partial charge on any atom is -0.493 e. The van der Waals surface area contributed by atoms with Crippen LogP contribution in [0.5, 0.6) is 17.2 Å². The highest BCUT2D eigenvalue weighted by Gasteiger charge is 2.34. The van der Waals surface area contributed by atoms with Gasteiger partial charge in [-0.3, -0.25) is 9.69 Å². The van der Waals surface area contributed by atoms with Gasteiger partial charge in [-0.05, 0) is 49.6 Å². The summed E-state index contributed by atoms with van der Waals surface area (Å²) >= 11 is 0. The second-order valence-electron chi connectivity index (χ2n) is 8.66. The molecule has 4 rings (SSSR count). The average Bonchev–Trinajstić information content (AvgIpc) is 2.71. The highest BCUT2D eigenvalue weighted by molar-refractivity contribution is 5.78. The van der Waals surface area contributed by atoms with Crippen LogP contribution in [0.2, 0.25) is 0 Å². The largest absolute Gasteiger partial charge is 0.493 e. The molecule has 6 nitrogen and oxygen atoms in total. The van der Waals surface area contributed by atoms with E-state index in [-0.39, 0.29) is 17.6 Å². The summed E-state index contributed by atoms with van der Waals surface area (Å²) in [5, 5.41) is 3.24. The number of methoxy groups -OCH3 is 2. The Hall–Kier alpha value is -2.73. The minimum atomic E-state index is -0.314. The van der Waals surface area contributed by atoms with Crippen molar-refractivity contribution in [3.63, 3.8) is 0 Å². The van der Waals surface area contributed by atoms with E-state index in [4.69, 9.17) is 14.2 Å². The molecule has 6 heteroatoms. The number of fused-ring (bicyclic) bond motifs is 2. The highest BCUT2D eigenvalue weighted by atomic mass is 16.5. The maximum atomic E-state index is 12.9. The van der Waals surface area contributed by atoms with Gasteiger partial charge in [0, 0.05) is 25.1 Å². The Morgan fingerprint density at radius 2 is 1.87 bits per heavy atom. The first kappa shape index (κ1) is 20.5. The molecule has 0 aliphatic carbocycles. The van der Waals surface area contributed by atoms with Gasteiger partial charge in [0.25, 0.3) is 0 Å². The molecular weight excluding hydrogens is 380 g/mol. The molecule has 1 amide bonds. The molecule has 2 aliphatic heterocycles. The van der Waals surface area contributed by atoms with Gasteiger partial charge in [-0.25, -0.2) is 0 Å². The summed E-state index contributed by atoms with van der Waals surface area (Å²) in [7, 11) is 3.30. The van der Waals surface area contributed by atoms with Gasteiger partial charge in [0.15, 0.2) is 11.5 Å². The molecule has 2 aromatic rings. The van der Waals surface area contributed by atoms with Crippen LogP contribution in [0, 0.1) is 0 Å². The smallest absolute Gasteiger partial charge is 0.234 e. The van der Waals surface area contributed by atoms with Crippen LogP contribution in [0.3, 0.4) is 0 Å². The molecule has 0 aromatic heterocycles. The molecule has 2 aromatic carbocycles. The number of ether oxygens (including phenoxy) is 3. The number of rotatable bonds is 5. The van der Waals surface area contributed by atoms with E-state index in [1.165, 1.54) is 11.1 Å². The first-order valence-corrected chi connectivity index (χ1v) is 10.4. The Morgan fingerprint density at radius 3 is 2.60 bits per heavy atom. The van der Waals surface area contributed by atoms with Gasteiger partial charge in [0.2, 0.25) is 5.91 Å². The van der Waals surface area contributed by atoms with Crippen molar-refractivity contribution in [2.45, 2.75) is 44.9 Å². The van der Waals surface area contributed by atoms with Crippen LogP contribution in [-0.2, 0) is 17.8 Å². The Balaban J connectivity index is 1.43. The Morgan fingerprint density at radius 1 is 1.17 bits per heavy atom. The Bertz CT molecular complexity index is 941. The number of hydrogen-bond donors (Lipinski definition) is 1. The normalized spacial score (nSPS) is 19.8. The van der Waals surface area contributed by atoms with Crippen LogP contribution in [0.15, 0.2) is 36.4 Å².